The number of pyridine rings is 1. The fraction of sp³-hybridized carbons (Fsp3) is 0.688. The van der Waals surface area contributed by atoms with E-state index >= 15 is 0 Å². The zero-order chi connectivity index (χ0) is 12.8. The van der Waals surface area contributed by atoms with E-state index in [1.165, 1.54) is 38.5 Å². The van der Waals surface area contributed by atoms with E-state index in [0.29, 0.717) is 12.3 Å². The third kappa shape index (κ3) is 3.81. The number of hydrogen-bond acceptors (Lipinski definition) is 2. The largest absolute Gasteiger partial charge is 0.392 e. The van der Waals surface area contributed by atoms with Crippen LogP contribution in [0.25, 0.3) is 0 Å². The average Bonchev–Trinajstić information content (AvgIpc) is 2.41. The summed E-state index contributed by atoms with van der Waals surface area (Å²) in [6, 6.07) is 5.92. The first kappa shape index (κ1) is 13.5. The normalized spacial score (nSPS) is 25.9. The minimum absolute atomic E-state index is 0.206. The third-order valence-electron chi connectivity index (χ3n) is 4.28. The Kier molecular flexibility index (Phi) is 5.18. The number of aromatic nitrogens is 1. The van der Waals surface area contributed by atoms with E-state index in [-0.39, 0.29) is 6.10 Å². The summed E-state index contributed by atoms with van der Waals surface area (Å²) in [6.07, 6.45) is 9.97. The molecule has 0 amide bonds. The molecule has 18 heavy (non-hydrogen) atoms. The maximum absolute atomic E-state index is 10.3. The van der Waals surface area contributed by atoms with Gasteiger partial charge in [0, 0.05) is 18.3 Å². The molecule has 1 aliphatic carbocycles. The Bertz CT molecular complexity index is 330. The van der Waals surface area contributed by atoms with Crippen molar-refractivity contribution < 1.29 is 5.11 Å². The van der Waals surface area contributed by atoms with Crippen LogP contribution in [0.15, 0.2) is 24.4 Å². The van der Waals surface area contributed by atoms with Gasteiger partial charge in [0.15, 0.2) is 0 Å². The molecule has 1 fully saturated rings. The monoisotopic (exact) mass is 247 g/mol. The lowest BCUT2D eigenvalue weighted by molar-refractivity contribution is 0.0721. The third-order valence-corrected chi connectivity index (χ3v) is 4.28. The number of aliphatic hydroxyl groups excluding tert-OH is 1. The molecule has 0 bridgehead atoms. The Morgan fingerprint density at radius 3 is 2.67 bits per heavy atom. The van der Waals surface area contributed by atoms with Crippen molar-refractivity contribution in [3.63, 3.8) is 0 Å². The van der Waals surface area contributed by atoms with Gasteiger partial charge in [-0.3, -0.25) is 4.98 Å². The Morgan fingerprint density at radius 2 is 2.06 bits per heavy atom. The van der Waals surface area contributed by atoms with Crippen molar-refractivity contribution in [2.24, 2.45) is 11.8 Å². The van der Waals surface area contributed by atoms with E-state index in [1.807, 2.05) is 18.2 Å². The highest BCUT2D eigenvalue weighted by Crippen LogP contribution is 2.33. The van der Waals surface area contributed by atoms with E-state index in [4.69, 9.17) is 0 Å². The van der Waals surface area contributed by atoms with E-state index in [2.05, 4.69) is 11.9 Å². The van der Waals surface area contributed by atoms with E-state index in [1.54, 1.807) is 6.20 Å². The first-order valence-corrected chi connectivity index (χ1v) is 7.37. The Morgan fingerprint density at radius 1 is 1.28 bits per heavy atom. The lowest BCUT2D eigenvalue weighted by Gasteiger charge is -2.31. The molecule has 0 aromatic carbocycles. The predicted octanol–water partition coefficient (Wildman–Crippen LogP) is 3.59. The van der Waals surface area contributed by atoms with Gasteiger partial charge in [0.2, 0.25) is 0 Å². The van der Waals surface area contributed by atoms with Crippen LogP contribution in [0.4, 0.5) is 0 Å². The lowest BCUT2D eigenvalue weighted by atomic mass is 9.77. The molecule has 1 N–H and O–H groups in total. The summed E-state index contributed by atoms with van der Waals surface area (Å²) < 4.78 is 0. The van der Waals surface area contributed by atoms with Crippen molar-refractivity contribution in [1.29, 1.82) is 0 Å². The Balaban J connectivity index is 1.79. The molecule has 2 rings (SSSR count). The highest BCUT2D eigenvalue weighted by Gasteiger charge is 2.26. The van der Waals surface area contributed by atoms with Crippen LogP contribution in [0.5, 0.6) is 0 Å². The van der Waals surface area contributed by atoms with Gasteiger partial charge < -0.3 is 5.11 Å². The average molecular weight is 247 g/mol. The van der Waals surface area contributed by atoms with Crippen LogP contribution in [-0.4, -0.2) is 16.2 Å². The van der Waals surface area contributed by atoms with Crippen molar-refractivity contribution in [3.8, 4) is 0 Å². The molecule has 0 saturated heterocycles. The van der Waals surface area contributed by atoms with E-state index in [0.717, 1.165) is 11.6 Å². The van der Waals surface area contributed by atoms with Crippen molar-refractivity contribution in [2.75, 3.05) is 0 Å². The summed E-state index contributed by atoms with van der Waals surface area (Å²) in [5, 5.41) is 10.3. The minimum Gasteiger partial charge on any atom is -0.392 e. The SMILES string of the molecule is CCCC1CCC(C(O)Cc2ccccn2)CC1. The maximum Gasteiger partial charge on any atom is 0.0623 e. The minimum atomic E-state index is -0.206. The van der Waals surface area contributed by atoms with Crippen LogP contribution in [-0.2, 0) is 6.42 Å². The number of nitrogens with zero attached hydrogens (tertiary/aromatic N) is 1. The van der Waals surface area contributed by atoms with E-state index in [9.17, 15) is 5.11 Å². The highest BCUT2D eigenvalue weighted by atomic mass is 16.3. The Hall–Kier alpha value is -0.890. The van der Waals surface area contributed by atoms with Crippen LogP contribution in [0.3, 0.4) is 0 Å². The summed E-state index contributed by atoms with van der Waals surface area (Å²) in [6.45, 7) is 2.27. The predicted molar refractivity (Wildman–Crippen MR) is 74.3 cm³/mol. The molecule has 1 aromatic heterocycles. The molecule has 1 atom stereocenters. The summed E-state index contributed by atoms with van der Waals surface area (Å²) in [4.78, 5) is 4.30. The Labute approximate surface area is 110 Å². The van der Waals surface area contributed by atoms with Gasteiger partial charge in [-0.05, 0) is 36.8 Å². The number of hydrogen-bond donors (Lipinski definition) is 1. The molecule has 100 valence electrons. The fourth-order valence-electron chi connectivity index (χ4n) is 3.17. The van der Waals surface area contributed by atoms with Gasteiger partial charge in [0.05, 0.1) is 6.10 Å². The van der Waals surface area contributed by atoms with Gasteiger partial charge in [0.1, 0.15) is 0 Å². The molecule has 0 radical (unpaired) electrons. The van der Waals surface area contributed by atoms with Crippen LogP contribution in [0, 0.1) is 11.8 Å². The molecule has 0 aliphatic heterocycles. The van der Waals surface area contributed by atoms with Gasteiger partial charge in [-0.15, -0.1) is 0 Å². The van der Waals surface area contributed by atoms with Crippen LogP contribution < -0.4 is 0 Å². The molecule has 2 nitrogen and oxygen atoms in total. The molecular formula is C16H25NO. The standard InChI is InChI=1S/C16H25NO/c1-2-5-13-7-9-14(10-8-13)16(18)12-15-6-3-4-11-17-15/h3-4,6,11,13-14,16,18H,2,5,7-10,12H2,1H3. The van der Waals surface area contributed by atoms with Gasteiger partial charge in [-0.1, -0.05) is 38.7 Å². The summed E-state index contributed by atoms with van der Waals surface area (Å²) in [5.74, 6) is 1.40. The second-order valence-corrected chi connectivity index (χ2v) is 5.66. The second-order valence-electron chi connectivity index (χ2n) is 5.66. The van der Waals surface area contributed by atoms with Gasteiger partial charge in [-0.2, -0.15) is 0 Å². The summed E-state index contributed by atoms with van der Waals surface area (Å²) >= 11 is 0. The molecule has 2 heteroatoms. The van der Waals surface area contributed by atoms with Crippen molar-refractivity contribution in [3.05, 3.63) is 30.1 Å². The quantitative estimate of drug-likeness (QED) is 0.862. The molecule has 1 unspecified atom stereocenters. The molecular weight excluding hydrogens is 222 g/mol. The lowest BCUT2D eigenvalue weighted by Crippen LogP contribution is -2.27. The zero-order valence-corrected chi connectivity index (χ0v) is 11.4. The number of aliphatic hydroxyl groups is 1. The summed E-state index contributed by atoms with van der Waals surface area (Å²) in [5.41, 5.74) is 1.01. The first-order chi connectivity index (χ1) is 8.79. The van der Waals surface area contributed by atoms with Gasteiger partial charge in [0.25, 0.3) is 0 Å². The van der Waals surface area contributed by atoms with Crippen molar-refractivity contribution in [1.82, 2.24) is 4.98 Å². The van der Waals surface area contributed by atoms with Gasteiger partial charge in [-0.25, -0.2) is 0 Å². The van der Waals surface area contributed by atoms with Crippen LogP contribution >= 0.6 is 0 Å². The fourth-order valence-corrected chi connectivity index (χ4v) is 3.17. The molecule has 1 aliphatic rings. The first-order valence-electron chi connectivity index (χ1n) is 7.37. The highest BCUT2D eigenvalue weighted by molar-refractivity contribution is 5.05. The maximum atomic E-state index is 10.3. The number of rotatable bonds is 5. The summed E-state index contributed by atoms with van der Waals surface area (Å²) in [7, 11) is 0. The van der Waals surface area contributed by atoms with Crippen molar-refractivity contribution in [2.45, 2.75) is 58.0 Å². The van der Waals surface area contributed by atoms with E-state index < -0.39 is 0 Å². The molecule has 1 aromatic rings. The van der Waals surface area contributed by atoms with Crippen molar-refractivity contribution >= 4 is 0 Å². The van der Waals surface area contributed by atoms with Crippen LogP contribution in [0.1, 0.15) is 51.1 Å². The van der Waals surface area contributed by atoms with Gasteiger partial charge >= 0.3 is 0 Å². The molecule has 0 spiro atoms. The topological polar surface area (TPSA) is 33.1 Å². The second kappa shape index (κ2) is 6.89. The van der Waals surface area contributed by atoms with Crippen LogP contribution in [0.2, 0.25) is 0 Å². The molecule has 1 heterocycles. The zero-order valence-electron chi connectivity index (χ0n) is 11.4. The molecule has 1 saturated carbocycles. The smallest absolute Gasteiger partial charge is 0.0623 e.